The van der Waals surface area contributed by atoms with Gasteiger partial charge >= 0.3 is 0 Å². The normalized spacial score (nSPS) is 23.9. The number of aliphatic hydroxyl groups excluding tert-OH is 1. The van der Waals surface area contributed by atoms with Crippen molar-refractivity contribution in [3.05, 3.63) is 35.9 Å². The molecule has 2 atom stereocenters. The number of likely N-dealkylation sites (tertiary alicyclic amines) is 1. The van der Waals surface area contributed by atoms with Crippen molar-refractivity contribution in [3.63, 3.8) is 0 Å². The highest BCUT2D eigenvalue weighted by Crippen LogP contribution is 2.37. The summed E-state index contributed by atoms with van der Waals surface area (Å²) in [5, 5.41) is 10.6. The second kappa shape index (κ2) is 7.47. The molecule has 2 rings (SSSR count). The summed E-state index contributed by atoms with van der Waals surface area (Å²) in [7, 11) is -1.74. The zero-order valence-corrected chi connectivity index (χ0v) is 16.4. The first-order chi connectivity index (χ1) is 10.7. The van der Waals surface area contributed by atoms with Gasteiger partial charge in [0.25, 0.3) is 0 Å². The van der Waals surface area contributed by atoms with Gasteiger partial charge in [0.1, 0.15) is 0 Å². The Morgan fingerprint density at radius 1 is 1.22 bits per heavy atom. The lowest BCUT2D eigenvalue weighted by Gasteiger charge is -2.40. The van der Waals surface area contributed by atoms with Crippen molar-refractivity contribution in [2.75, 3.05) is 19.7 Å². The third-order valence-corrected chi connectivity index (χ3v) is 9.99. The van der Waals surface area contributed by atoms with Gasteiger partial charge in [-0.25, -0.2) is 0 Å². The van der Waals surface area contributed by atoms with Gasteiger partial charge in [0.05, 0.1) is 6.10 Å². The molecule has 1 aromatic rings. The lowest BCUT2D eigenvalue weighted by molar-refractivity contribution is 0.000453. The minimum Gasteiger partial charge on any atom is -0.416 e. The Labute approximate surface area is 142 Å². The maximum atomic E-state index is 10.4. The summed E-state index contributed by atoms with van der Waals surface area (Å²) >= 11 is 0. The summed E-state index contributed by atoms with van der Waals surface area (Å²) in [5.74, 6) is 0.224. The number of piperidine rings is 1. The van der Waals surface area contributed by atoms with Gasteiger partial charge < -0.3 is 9.53 Å². The van der Waals surface area contributed by atoms with Gasteiger partial charge in [-0.2, -0.15) is 0 Å². The summed E-state index contributed by atoms with van der Waals surface area (Å²) in [5.41, 5.74) is 1.34. The van der Waals surface area contributed by atoms with Crippen molar-refractivity contribution in [1.29, 1.82) is 0 Å². The molecule has 23 heavy (non-hydrogen) atoms. The molecule has 0 amide bonds. The molecule has 1 N–H and O–H groups in total. The molecule has 0 bridgehead atoms. The van der Waals surface area contributed by atoms with Crippen LogP contribution in [0.5, 0.6) is 0 Å². The summed E-state index contributed by atoms with van der Waals surface area (Å²) in [6, 6.07) is 10.6. The van der Waals surface area contributed by atoms with Crippen LogP contribution in [0.2, 0.25) is 18.1 Å². The summed E-state index contributed by atoms with van der Waals surface area (Å²) in [4.78, 5) is 2.45. The van der Waals surface area contributed by atoms with E-state index in [4.69, 9.17) is 4.43 Å². The van der Waals surface area contributed by atoms with E-state index >= 15 is 0 Å². The second-order valence-corrected chi connectivity index (χ2v) is 13.2. The summed E-state index contributed by atoms with van der Waals surface area (Å²) < 4.78 is 6.35. The van der Waals surface area contributed by atoms with Gasteiger partial charge in [-0.05, 0) is 30.1 Å². The van der Waals surface area contributed by atoms with Gasteiger partial charge in [0.2, 0.25) is 0 Å². The zero-order chi connectivity index (χ0) is 17.1. The van der Waals surface area contributed by atoms with E-state index in [0.717, 1.165) is 26.1 Å². The Kier molecular flexibility index (Phi) is 6.06. The number of aliphatic hydroxyl groups is 1. The average Bonchev–Trinajstić information content (AvgIpc) is 2.48. The first-order valence-electron chi connectivity index (χ1n) is 8.77. The van der Waals surface area contributed by atoms with Crippen LogP contribution in [0.1, 0.15) is 32.8 Å². The molecule has 0 radical (unpaired) electrons. The highest BCUT2D eigenvalue weighted by Gasteiger charge is 2.38. The van der Waals surface area contributed by atoms with Crippen LogP contribution < -0.4 is 0 Å². The van der Waals surface area contributed by atoms with Crippen LogP contribution in [0.4, 0.5) is 0 Å². The zero-order valence-electron chi connectivity index (χ0n) is 15.4. The van der Waals surface area contributed by atoms with Crippen LogP contribution in [-0.4, -0.2) is 44.1 Å². The third-order valence-electron chi connectivity index (χ3n) is 5.49. The molecule has 3 nitrogen and oxygen atoms in total. The second-order valence-electron chi connectivity index (χ2n) is 8.41. The maximum Gasteiger partial charge on any atom is 0.191 e. The van der Waals surface area contributed by atoms with E-state index in [-0.39, 0.29) is 17.1 Å². The largest absolute Gasteiger partial charge is 0.416 e. The molecular formula is C19H33NO2Si. The fourth-order valence-corrected chi connectivity index (χ4v) is 3.84. The molecule has 1 aliphatic rings. The van der Waals surface area contributed by atoms with Crippen molar-refractivity contribution in [1.82, 2.24) is 4.90 Å². The minimum atomic E-state index is -1.74. The van der Waals surface area contributed by atoms with Gasteiger partial charge in [0.15, 0.2) is 8.32 Å². The van der Waals surface area contributed by atoms with Crippen LogP contribution in [0.3, 0.4) is 0 Å². The van der Waals surface area contributed by atoms with Crippen molar-refractivity contribution >= 4 is 8.32 Å². The van der Waals surface area contributed by atoms with Gasteiger partial charge in [-0.1, -0.05) is 51.1 Å². The molecule has 1 aromatic carbocycles. The van der Waals surface area contributed by atoms with E-state index in [2.05, 4.69) is 69.1 Å². The summed E-state index contributed by atoms with van der Waals surface area (Å²) in [6.07, 6.45) is 0.616. The van der Waals surface area contributed by atoms with Crippen LogP contribution in [0, 0.1) is 5.92 Å². The number of hydrogen-bond donors (Lipinski definition) is 1. The highest BCUT2D eigenvalue weighted by atomic mass is 28.4. The predicted octanol–water partition coefficient (Wildman–Crippen LogP) is 3.89. The quantitative estimate of drug-likeness (QED) is 0.829. The molecule has 0 aromatic heterocycles. The van der Waals surface area contributed by atoms with E-state index in [1.54, 1.807) is 0 Å². The molecule has 1 heterocycles. The van der Waals surface area contributed by atoms with Crippen molar-refractivity contribution < 1.29 is 9.53 Å². The summed E-state index contributed by atoms with van der Waals surface area (Å²) in [6.45, 7) is 14.9. The molecule has 1 saturated heterocycles. The van der Waals surface area contributed by atoms with Crippen LogP contribution in [0.15, 0.2) is 30.3 Å². The molecule has 0 unspecified atom stereocenters. The Morgan fingerprint density at radius 2 is 1.87 bits per heavy atom. The van der Waals surface area contributed by atoms with Crippen molar-refractivity contribution in [2.45, 2.75) is 58.0 Å². The lowest BCUT2D eigenvalue weighted by atomic mass is 9.95. The number of nitrogens with zero attached hydrogens (tertiary/aromatic N) is 1. The third kappa shape index (κ3) is 5.15. The molecule has 1 aliphatic heterocycles. The Balaban J connectivity index is 1.91. The van der Waals surface area contributed by atoms with Gasteiger partial charge in [-0.15, -0.1) is 0 Å². The van der Waals surface area contributed by atoms with E-state index < -0.39 is 8.32 Å². The molecule has 0 aliphatic carbocycles. The molecule has 1 fully saturated rings. The van der Waals surface area contributed by atoms with Crippen LogP contribution >= 0.6 is 0 Å². The number of benzene rings is 1. The molecule has 0 spiro atoms. The Morgan fingerprint density at radius 3 is 2.48 bits per heavy atom. The predicted molar refractivity (Wildman–Crippen MR) is 99.0 cm³/mol. The molecular weight excluding hydrogens is 302 g/mol. The van der Waals surface area contributed by atoms with E-state index in [0.29, 0.717) is 6.61 Å². The highest BCUT2D eigenvalue weighted by molar-refractivity contribution is 6.74. The number of hydrogen-bond acceptors (Lipinski definition) is 3. The monoisotopic (exact) mass is 335 g/mol. The molecule has 130 valence electrons. The average molecular weight is 336 g/mol. The topological polar surface area (TPSA) is 32.7 Å². The minimum absolute atomic E-state index is 0.219. The van der Waals surface area contributed by atoms with Crippen molar-refractivity contribution in [3.8, 4) is 0 Å². The van der Waals surface area contributed by atoms with Crippen LogP contribution in [0.25, 0.3) is 0 Å². The van der Waals surface area contributed by atoms with E-state index in [1.165, 1.54) is 5.56 Å². The van der Waals surface area contributed by atoms with E-state index in [9.17, 15) is 5.11 Å². The van der Waals surface area contributed by atoms with Crippen LogP contribution in [-0.2, 0) is 11.0 Å². The van der Waals surface area contributed by atoms with E-state index in [1.807, 2.05) is 0 Å². The molecule has 0 saturated carbocycles. The smallest absolute Gasteiger partial charge is 0.191 e. The lowest BCUT2D eigenvalue weighted by Crippen LogP contribution is -2.48. The SMILES string of the molecule is CC(C)(C)[Si](C)(C)OC[C@@H]1CN(Cc2ccccc2)CC[C@@H]1O. The first-order valence-corrected chi connectivity index (χ1v) is 11.7. The first kappa shape index (κ1) is 18.7. The van der Waals surface area contributed by atoms with Gasteiger partial charge in [0, 0.05) is 32.2 Å². The standard InChI is InChI=1S/C19H33NO2Si/c1-19(2,3)23(4,5)22-15-17-14-20(12-11-18(17)21)13-16-9-7-6-8-10-16/h6-10,17-18,21H,11-15H2,1-5H3/t17-,18-/m0/s1. The fraction of sp³-hybridized carbons (Fsp3) is 0.684. The maximum absolute atomic E-state index is 10.4. The number of rotatable bonds is 5. The fourth-order valence-electron chi connectivity index (χ4n) is 2.78. The van der Waals surface area contributed by atoms with Gasteiger partial charge in [-0.3, -0.25) is 4.90 Å². The van der Waals surface area contributed by atoms with Crippen molar-refractivity contribution in [2.24, 2.45) is 5.92 Å². The Hall–Kier alpha value is -0.683. The molecule has 4 heteroatoms. The Bertz CT molecular complexity index is 484.